The number of carbonyl (C=O) groups excluding carboxylic acids is 4. The molecule has 1 saturated heterocycles. The van der Waals surface area contributed by atoms with Crippen LogP contribution >= 0.6 is 0 Å². The van der Waals surface area contributed by atoms with Crippen LogP contribution in [0.5, 0.6) is 11.6 Å². The second kappa shape index (κ2) is 16.7. The second-order valence-electron chi connectivity index (χ2n) is 17.4. The SMILES string of the molecule is CC1(S(=O)(=O)CC(=O)[C@]23CC(=O)[C@@H]4C[C@@H](Oc5nc6cc(OC(F)(F)F)ccc6c6cc(F)ccc56)CN4C(=O)[C@@H](CC(=O)c4ccn(C(F)F)n4)CCCCC/C=C\[C@@H]2C3)CC1. The van der Waals surface area contributed by atoms with Crippen molar-refractivity contribution in [2.75, 3.05) is 12.3 Å². The van der Waals surface area contributed by atoms with E-state index in [-0.39, 0.29) is 65.5 Å². The number of sulfone groups is 1. The maximum absolute atomic E-state index is 14.8. The van der Waals surface area contributed by atoms with Crippen LogP contribution in [0.15, 0.2) is 60.8 Å². The molecule has 19 heteroatoms. The molecule has 2 aliphatic heterocycles. The van der Waals surface area contributed by atoms with Gasteiger partial charge in [-0.25, -0.2) is 22.5 Å². The van der Waals surface area contributed by atoms with Gasteiger partial charge in [-0.2, -0.15) is 13.9 Å². The van der Waals surface area contributed by atoms with Crippen LogP contribution in [0, 0.1) is 23.1 Å². The van der Waals surface area contributed by atoms with Gasteiger partial charge >= 0.3 is 12.9 Å². The summed E-state index contributed by atoms with van der Waals surface area (Å²) in [6, 6.07) is 6.93. The largest absolute Gasteiger partial charge is 0.573 e. The highest BCUT2D eigenvalue weighted by molar-refractivity contribution is 7.93. The number of allylic oxidation sites excluding steroid dienone is 2. The van der Waals surface area contributed by atoms with Crippen molar-refractivity contribution in [3.8, 4) is 11.6 Å². The zero-order valence-electron chi connectivity index (χ0n) is 34.1. The van der Waals surface area contributed by atoms with Crippen LogP contribution in [0.4, 0.5) is 26.3 Å². The third kappa shape index (κ3) is 9.20. The van der Waals surface area contributed by atoms with Crippen molar-refractivity contribution < 1.29 is 63.4 Å². The number of aromatic nitrogens is 3. The number of ether oxygens (including phenoxy) is 2. The number of hydrogen-bond acceptors (Lipinski definition) is 10. The summed E-state index contributed by atoms with van der Waals surface area (Å²) >= 11 is 0. The highest BCUT2D eigenvalue weighted by Gasteiger charge is 2.62. The van der Waals surface area contributed by atoms with E-state index >= 15 is 0 Å². The zero-order valence-corrected chi connectivity index (χ0v) is 34.9. The van der Waals surface area contributed by atoms with E-state index in [1.165, 1.54) is 17.0 Å². The number of amides is 1. The fourth-order valence-electron chi connectivity index (χ4n) is 8.98. The summed E-state index contributed by atoms with van der Waals surface area (Å²) in [5.74, 6) is -5.99. The number of pyridine rings is 1. The van der Waals surface area contributed by atoms with Gasteiger partial charge in [-0.1, -0.05) is 25.0 Å². The minimum absolute atomic E-state index is 0.0407. The van der Waals surface area contributed by atoms with E-state index in [0.29, 0.717) is 43.2 Å². The highest BCUT2D eigenvalue weighted by atomic mass is 32.2. The van der Waals surface area contributed by atoms with E-state index in [9.17, 15) is 53.9 Å². The van der Waals surface area contributed by atoms with E-state index in [2.05, 4.69) is 14.8 Å². The van der Waals surface area contributed by atoms with Crippen LogP contribution in [-0.4, -0.2) is 86.9 Å². The second-order valence-corrected chi connectivity index (χ2v) is 19.9. The Kier molecular flexibility index (Phi) is 11.7. The molecule has 0 unspecified atom stereocenters. The molecule has 5 atom stereocenters. The van der Waals surface area contributed by atoms with Crippen molar-refractivity contribution in [3.63, 3.8) is 0 Å². The summed E-state index contributed by atoms with van der Waals surface area (Å²) in [4.78, 5) is 62.8. The van der Waals surface area contributed by atoms with Crippen LogP contribution in [0.2, 0.25) is 0 Å². The first-order valence-electron chi connectivity index (χ1n) is 20.8. The van der Waals surface area contributed by atoms with Crippen molar-refractivity contribution >= 4 is 54.8 Å². The molecule has 2 saturated carbocycles. The fourth-order valence-corrected chi connectivity index (χ4v) is 10.7. The first-order chi connectivity index (χ1) is 29.8. The number of rotatable bonds is 11. The summed E-state index contributed by atoms with van der Waals surface area (Å²) in [6.07, 6.45) is 1.40. The molecule has 12 nitrogen and oxygen atoms in total. The van der Waals surface area contributed by atoms with E-state index in [1.54, 1.807) is 6.92 Å². The molecule has 4 aromatic rings. The maximum Gasteiger partial charge on any atom is 0.573 e. The molecule has 8 rings (SSSR count). The van der Waals surface area contributed by atoms with Gasteiger partial charge in [0.05, 0.1) is 22.9 Å². The van der Waals surface area contributed by atoms with Gasteiger partial charge in [0.1, 0.15) is 29.1 Å². The van der Waals surface area contributed by atoms with Gasteiger partial charge in [0.25, 0.3) is 0 Å². The Bertz CT molecular complexity index is 2630. The number of carbonyl (C=O) groups is 4. The van der Waals surface area contributed by atoms with Gasteiger partial charge in [-0.3, -0.25) is 19.2 Å². The zero-order chi connectivity index (χ0) is 45.1. The third-order valence-electron chi connectivity index (χ3n) is 13.0. The minimum atomic E-state index is -5.02. The lowest BCUT2D eigenvalue weighted by Crippen LogP contribution is -2.45. The van der Waals surface area contributed by atoms with Crippen LogP contribution in [0.3, 0.4) is 0 Å². The van der Waals surface area contributed by atoms with E-state index < -0.39 is 104 Å². The number of fused-ring (bicyclic) bond motifs is 5. The predicted molar refractivity (Wildman–Crippen MR) is 215 cm³/mol. The lowest BCUT2D eigenvalue weighted by atomic mass is 9.88. The summed E-state index contributed by atoms with van der Waals surface area (Å²) in [7, 11) is -3.84. The van der Waals surface area contributed by atoms with Gasteiger partial charge in [0.15, 0.2) is 27.2 Å². The Morgan fingerprint density at radius 2 is 1.76 bits per heavy atom. The van der Waals surface area contributed by atoms with Gasteiger partial charge in [-0.05, 0) is 93.2 Å². The average Bonchev–Trinajstić information content (AvgIpc) is 3.98. The highest BCUT2D eigenvalue weighted by Crippen LogP contribution is 2.58. The lowest BCUT2D eigenvalue weighted by Gasteiger charge is -2.29. The number of hydrogen-bond donors (Lipinski definition) is 0. The number of benzene rings is 2. The molecule has 0 N–H and O–H groups in total. The normalized spacial score (nSPS) is 25.9. The summed E-state index contributed by atoms with van der Waals surface area (Å²) in [5, 5.41) is 4.46. The lowest BCUT2D eigenvalue weighted by molar-refractivity contribution is -0.274. The summed E-state index contributed by atoms with van der Waals surface area (Å²) in [5.41, 5.74) is -1.65. The quantitative estimate of drug-likeness (QED) is 0.0622. The summed E-state index contributed by atoms with van der Waals surface area (Å²) < 4.78 is 117. The smallest absolute Gasteiger partial charge is 0.472 e. The minimum Gasteiger partial charge on any atom is -0.472 e. The van der Waals surface area contributed by atoms with E-state index in [0.717, 1.165) is 36.5 Å². The van der Waals surface area contributed by atoms with Crippen molar-refractivity contribution in [3.05, 3.63) is 72.3 Å². The molecule has 63 heavy (non-hydrogen) atoms. The molecule has 0 spiro atoms. The Labute approximate surface area is 357 Å². The molecule has 2 aromatic heterocycles. The Balaban J connectivity index is 1.14. The maximum atomic E-state index is 14.8. The van der Waals surface area contributed by atoms with Gasteiger partial charge in [0, 0.05) is 53.6 Å². The average molecular weight is 903 g/mol. The Morgan fingerprint density at radius 3 is 2.48 bits per heavy atom. The molecular formula is C44H44F6N4O8S. The number of Topliss-reactive ketones (excluding diaryl/α,β-unsaturated/α-hetero) is 3. The Hall–Kier alpha value is -5.33. The number of ketones is 3. The third-order valence-corrected chi connectivity index (χ3v) is 15.5. The molecule has 0 radical (unpaired) electrons. The van der Waals surface area contributed by atoms with Crippen LogP contribution in [-0.2, 0) is 24.2 Å². The molecule has 4 heterocycles. The van der Waals surface area contributed by atoms with Crippen LogP contribution in [0.25, 0.3) is 21.7 Å². The van der Waals surface area contributed by atoms with Gasteiger partial charge in [-0.15, -0.1) is 13.2 Å². The predicted octanol–water partition coefficient (Wildman–Crippen LogP) is 8.28. The molecule has 336 valence electrons. The van der Waals surface area contributed by atoms with Crippen molar-refractivity contribution in [2.24, 2.45) is 17.3 Å². The van der Waals surface area contributed by atoms with Crippen molar-refractivity contribution in [1.82, 2.24) is 19.7 Å². The molecular weight excluding hydrogens is 859 g/mol. The molecule has 3 fully saturated rings. The standard InChI is InChI=1S/C44H44F6N4O8S/c1-42(14-15-42)63(59,60)24-38(57)43-21-26(43)8-6-4-2-3-5-7-25(17-36(55)33-13-16-54(52-33)41(46)47)40(58)53-23-29(20-35(53)37(56)22-43)61-39-31-11-9-27(45)18-32(31)30-12-10-28(19-34(30)51-39)62-44(48,49)50/h6,8-13,16,18-19,25-26,29,35,41H,2-5,7,14-15,17,20-24H2,1H3/b8-6-/t25-,26-,29-,35+,43-/m1/s1. The van der Waals surface area contributed by atoms with Crippen molar-refractivity contribution in [2.45, 2.75) is 107 Å². The molecule has 1 amide bonds. The van der Waals surface area contributed by atoms with Crippen molar-refractivity contribution in [1.29, 1.82) is 0 Å². The van der Waals surface area contributed by atoms with E-state index in [1.807, 2.05) is 12.2 Å². The molecule has 2 aliphatic carbocycles. The summed E-state index contributed by atoms with van der Waals surface area (Å²) in [6.45, 7) is -1.67. The fraction of sp³-hybridized carbons (Fsp3) is 0.500. The number of halogens is 6. The van der Waals surface area contributed by atoms with Gasteiger partial charge < -0.3 is 14.4 Å². The topological polar surface area (TPSA) is 155 Å². The first-order valence-corrected chi connectivity index (χ1v) is 22.5. The number of alkyl halides is 5. The van der Waals surface area contributed by atoms with Crippen LogP contribution in [0.1, 0.15) is 94.6 Å². The first kappa shape index (κ1) is 44.3. The monoisotopic (exact) mass is 902 g/mol. The molecule has 2 aromatic carbocycles. The Morgan fingerprint density at radius 1 is 1.00 bits per heavy atom. The van der Waals surface area contributed by atoms with E-state index in [4.69, 9.17) is 4.74 Å². The molecule has 4 aliphatic rings. The van der Waals surface area contributed by atoms with Gasteiger partial charge in [0.2, 0.25) is 11.8 Å². The molecule has 0 bridgehead atoms. The number of nitrogens with zero attached hydrogens (tertiary/aromatic N) is 4. The van der Waals surface area contributed by atoms with Crippen LogP contribution < -0.4 is 9.47 Å².